The van der Waals surface area contributed by atoms with Gasteiger partial charge in [0.15, 0.2) is 0 Å². The van der Waals surface area contributed by atoms with Gasteiger partial charge in [-0.15, -0.1) is 0 Å². The van der Waals surface area contributed by atoms with E-state index in [4.69, 9.17) is 5.84 Å². The molecule has 3 aromatic rings. The van der Waals surface area contributed by atoms with E-state index in [1.165, 1.54) is 12.1 Å². The Kier molecular flexibility index (Phi) is 5.55. The largest absolute Gasteiger partial charge is 0.506 e. The quantitative estimate of drug-likeness (QED) is 0.206. The number of phenols is 2. The predicted molar refractivity (Wildman–Crippen MR) is 114 cm³/mol. The number of nitrogens with zero attached hydrogens (tertiary/aromatic N) is 1. The highest BCUT2D eigenvalue weighted by atomic mass is 79.9. The van der Waals surface area contributed by atoms with Crippen LogP contribution < -0.4 is 10.9 Å². The van der Waals surface area contributed by atoms with Crippen molar-refractivity contribution in [2.45, 2.75) is 6.92 Å². The van der Waals surface area contributed by atoms with E-state index in [-0.39, 0.29) is 16.0 Å². The Bertz CT molecular complexity index is 1080. The summed E-state index contributed by atoms with van der Waals surface area (Å²) in [6, 6.07) is 14.8. The summed E-state index contributed by atoms with van der Waals surface area (Å²) < 4.78 is 0.528. The van der Waals surface area contributed by atoms with E-state index in [1.54, 1.807) is 13.0 Å². The van der Waals surface area contributed by atoms with Gasteiger partial charge in [-0.2, -0.15) is 0 Å². The number of benzene rings is 3. The number of fused-ring (bicyclic) bond motifs is 1. The Labute approximate surface area is 172 Å². The van der Waals surface area contributed by atoms with Crippen LogP contribution in [0.3, 0.4) is 0 Å². The molecule has 1 amide bonds. The molecule has 138 valence electrons. The number of carbonyl (C=O) groups excluding carboxylic acids is 1. The lowest BCUT2D eigenvalue weighted by Gasteiger charge is -2.18. The molecule has 0 aromatic heterocycles. The highest BCUT2D eigenvalue weighted by Gasteiger charge is 2.17. The fraction of sp³-hybridized carbons (Fsp3) is 0.0500. The van der Waals surface area contributed by atoms with E-state index in [9.17, 15) is 15.0 Å². The first-order chi connectivity index (χ1) is 12.8. The average Bonchev–Trinajstić information content (AvgIpc) is 2.68. The fourth-order valence-corrected chi connectivity index (χ4v) is 3.81. The molecule has 0 bridgehead atoms. The zero-order valence-corrected chi connectivity index (χ0v) is 17.5. The smallest absolute Gasteiger partial charge is 0.268 e. The number of halogens is 2. The first kappa shape index (κ1) is 19.4. The van der Waals surface area contributed by atoms with Gasteiger partial charge in [0.2, 0.25) is 0 Å². The molecule has 3 aromatic carbocycles. The van der Waals surface area contributed by atoms with Gasteiger partial charge in [0.25, 0.3) is 5.91 Å². The maximum Gasteiger partial charge on any atom is 0.268 e. The Hall–Kier alpha value is -2.35. The summed E-state index contributed by atoms with van der Waals surface area (Å²) in [6.45, 7) is 1.61. The molecule has 0 aliphatic rings. The summed E-state index contributed by atoms with van der Waals surface area (Å²) in [5.41, 5.74) is 1.25. The minimum absolute atomic E-state index is 0.120. The Balaban J connectivity index is 1.93. The number of anilines is 1. The van der Waals surface area contributed by atoms with Crippen LogP contribution in [0.1, 0.15) is 12.5 Å². The van der Waals surface area contributed by atoms with Crippen molar-refractivity contribution in [2.75, 3.05) is 5.01 Å². The van der Waals surface area contributed by atoms with Crippen LogP contribution in [0.25, 0.3) is 16.8 Å². The van der Waals surface area contributed by atoms with Crippen molar-refractivity contribution in [3.05, 3.63) is 68.6 Å². The molecular weight excluding hydrogens is 476 g/mol. The predicted octanol–water partition coefficient (Wildman–Crippen LogP) is 5.09. The van der Waals surface area contributed by atoms with Crippen molar-refractivity contribution < 1.29 is 15.0 Å². The van der Waals surface area contributed by atoms with E-state index in [0.29, 0.717) is 21.3 Å². The lowest BCUT2D eigenvalue weighted by Crippen LogP contribution is -2.37. The Morgan fingerprint density at radius 2 is 1.70 bits per heavy atom. The summed E-state index contributed by atoms with van der Waals surface area (Å²) >= 11 is 6.32. The van der Waals surface area contributed by atoms with Crippen molar-refractivity contribution in [1.29, 1.82) is 0 Å². The van der Waals surface area contributed by atoms with Crippen molar-refractivity contribution in [1.82, 2.24) is 0 Å². The van der Waals surface area contributed by atoms with Crippen molar-refractivity contribution in [3.8, 4) is 11.5 Å². The van der Waals surface area contributed by atoms with E-state index in [2.05, 4.69) is 31.9 Å². The van der Waals surface area contributed by atoms with Gasteiger partial charge >= 0.3 is 0 Å². The normalized spacial score (nSPS) is 11.6. The Morgan fingerprint density at radius 1 is 1.04 bits per heavy atom. The monoisotopic (exact) mass is 490 g/mol. The van der Waals surface area contributed by atoms with Crippen LogP contribution in [0.15, 0.2) is 63.0 Å². The van der Waals surface area contributed by atoms with Gasteiger partial charge in [-0.25, -0.2) is 10.9 Å². The molecule has 0 spiro atoms. The minimum atomic E-state index is -0.412. The van der Waals surface area contributed by atoms with Gasteiger partial charge in [0.05, 0.1) is 10.2 Å². The van der Waals surface area contributed by atoms with Gasteiger partial charge in [-0.3, -0.25) is 4.79 Å². The molecular formula is C20H16Br2N2O3. The second-order valence-electron chi connectivity index (χ2n) is 5.99. The van der Waals surface area contributed by atoms with Crippen LogP contribution in [0.2, 0.25) is 0 Å². The summed E-state index contributed by atoms with van der Waals surface area (Å²) in [4.78, 5) is 12.7. The molecule has 0 radical (unpaired) electrons. The van der Waals surface area contributed by atoms with Crippen LogP contribution in [0.4, 0.5) is 5.69 Å². The van der Waals surface area contributed by atoms with Crippen LogP contribution in [-0.4, -0.2) is 16.1 Å². The van der Waals surface area contributed by atoms with Crippen molar-refractivity contribution in [2.24, 2.45) is 5.84 Å². The zero-order valence-electron chi connectivity index (χ0n) is 14.3. The van der Waals surface area contributed by atoms with Gasteiger partial charge in [0.1, 0.15) is 16.0 Å². The number of phenolic OH excluding ortho intramolecular Hbond substituents is 2. The average molecular weight is 492 g/mol. The van der Waals surface area contributed by atoms with Crippen molar-refractivity contribution >= 4 is 60.3 Å². The van der Waals surface area contributed by atoms with E-state index in [1.807, 2.05) is 36.4 Å². The van der Waals surface area contributed by atoms with Gasteiger partial charge < -0.3 is 10.2 Å². The SMILES string of the molecule is CC(=Cc1cc(Br)c(O)c(Br)c1O)C(=O)N(N)c1ccc2ccccc2c1. The summed E-state index contributed by atoms with van der Waals surface area (Å²) in [5, 5.41) is 23.1. The van der Waals surface area contributed by atoms with Crippen LogP contribution in [0, 0.1) is 0 Å². The molecule has 5 nitrogen and oxygen atoms in total. The van der Waals surface area contributed by atoms with E-state index in [0.717, 1.165) is 15.8 Å². The summed E-state index contributed by atoms with van der Waals surface area (Å²) in [6.07, 6.45) is 1.51. The van der Waals surface area contributed by atoms with Crippen LogP contribution in [0.5, 0.6) is 11.5 Å². The summed E-state index contributed by atoms with van der Waals surface area (Å²) in [5.74, 6) is 5.33. The molecule has 3 rings (SSSR count). The molecule has 0 atom stereocenters. The van der Waals surface area contributed by atoms with Gasteiger partial charge in [-0.05, 0) is 73.8 Å². The molecule has 4 N–H and O–H groups in total. The van der Waals surface area contributed by atoms with Crippen LogP contribution >= 0.6 is 31.9 Å². The number of rotatable bonds is 3. The number of carbonyl (C=O) groups is 1. The number of amides is 1. The summed E-state index contributed by atoms with van der Waals surface area (Å²) in [7, 11) is 0. The highest BCUT2D eigenvalue weighted by Crippen LogP contribution is 2.42. The second-order valence-corrected chi connectivity index (χ2v) is 7.64. The van der Waals surface area contributed by atoms with Gasteiger partial charge in [0, 0.05) is 11.1 Å². The number of aromatic hydroxyl groups is 2. The lowest BCUT2D eigenvalue weighted by molar-refractivity contribution is -0.115. The number of hydrogen-bond donors (Lipinski definition) is 3. The fourth-order valence-electron chi connectivity index (χ4n) is 2.66. The molecule has 27 heavy (non-hydrogen) atoms. The third kappa shape index (κ3) is 3.85. The van der Waals surface area contributed by atoms with E-state index >= 15 is 0 Å². The lowest BCUT2D eigenvalue weighted by atomic mass is 10.1. The first-order valence-electron chi connectivity index (χ1n) is 7.95. The molecule has 0 fully saturated rings. The van der Waals surface area contributed by atoms with Gasteiger partial charge in [-0.1, -0.05) is 30.3 Å². The number of hydrogen-bond acceptors (Lipinski definition) is 4. The molecule has 0 aliphatic carbocycles. The Morgan fingerprint density at radius 3 is 2.41 bits per heavy atom. The second kappa shape index (κ2) is 7.72. The number of hydrazine groups is 1. The maximum atomic E-state index is 12.7. The third-order valence-corrected chi connectivity index (χ3v) is 5.49. The topological polar surface area (TPSA) is 86.8 Å². The standard InChI is InChI=1S/C20H16Br2N2O3/c1-11(8-14-10-16(21)19(26)17(22)18(14)25)20(27)24(23)15-7-6-12-4-2-3-5-13(12)9-15/h2-10,25-26H,23H2,1H3. The highest BCUT2D eigenvalue weighted by molar-refractivity contribution is 9.11. The maximum absolute atomic E-state index is 12.7. The molecule has 0 saturated heterocycles. The zero-order chi connectivity index (χ0) is 19.7. The van der Waals surface area contributed by atoms with E-state index < -0.39 is 5.91 Å². The molecule has 0 aliphatic heterocycles. The molecule has 0 unspecified atom stereocenters. The minimum Gasteiger partial charge on any atom is -0.506 e. The number of nitrogens with two attached hydrogens (primary N) is 1. The molecule has 0 heterocycles. The van der Waals surface area contributed by atoms with Crippen molar-refractivity contribution in [3.63, 3.8) is 0 Å². The first-order valence-corrected chi connectivity index (χ1v) is 9.54. The molecule has 7 heteroatoms. The van der Waals surface area contributed by atoms with Crippen LogP contribution in [-0.2, 0) is 4.79 Å². The third-order valence-electron chi connectivity index (χ3n) is 4.14. The molecule has 0 saturated carbocycles.